The first-order valence-corrected chi connectivity index (χ1v) is 10.3. The molecule has 7 nitrogen and oxygen atoms in total. The average molecular weight is 422 g/mol. The first kappa shape index (κ1) is 17.8. The Hall–Kier alpha value is -2.62. The second-order valence-corrected chi connectivity index (χ2v) is 9.07. The molecule has 4 rings (SSSR count). The number of carbonyl (C=O) groups excluding carboxylic acids is 1. The van der Waals surface area contributed by atoms with E-state index < -0.39 is 21.7 Å². The molecule has 138 valence electrons. The van der Waals surface area contributed by atoms with E-state index in [1.807, 2.05) is 0 Å². The monoisotopic (exact) mass is 421 g/mol. The van der Waals surface area contributed by atoms with Crippen LogP contribution in [0.25, 0.3) is 15.8 Å². The molecule has 0 radical (unpaired) electrons. The van der Waals surface area contributed by atoms with Crippen molar-refractivity contribution < 1.29 is 18.3 Å². The van der Waals surface area contributed by atoms with Crippen LogP contribution >= 0.6 is 22.9 Å². The van der Waals surface area contributed by atoms with E-state index in [4.69, 9.17) is 11.6 Å². The largest absolute Gasteiger partial charge is 0.504 e. The van der Waals surface area contributed by atoms with Gasteiger partial charge in [0.2, 0.25) is 0 Å². The smallest absolute Gasteiger partial charge is 0.278 e. The molecule has 0 atom stereocenters. The second-order valence-electron chi connectivity index (χ2n) is 5.73. The maximum absolute atomic E-state index is 13.0. The molecule has 27 heavy (non-hydrogen) atoms. The molecule has 2 N–H and O–H groups in total. The molecule has 0 saturated carbocycles. The lowest BCUT2D eigenvalue weighted by atomic mass is 10.2. The molecule has 1 aliphatic heterocycles. The number of thiophene rings is 1. The van der Waals surface area contributed by atoms with Crippen LogP contribution in [0, 0.1) is 0 Å². The molecule has 3 heterocycles. The van der Waals surface area contributed by atoms with Gasteiger partial charge in [-0.05, 0) is 18.2 Å². The fraction of sp³-hybridized carbons (Fsp3) is 0.0588. The number of halogens is 1. The molecule has 0 aliphatic carbocycles. The van der Waals surface area contributed by atoms with Crippen molar-refractivity contribution in [1.82, 2.24) is 9.29 Å². The lowest BCUT2D eigenvalue weighted by Gasteiger charge is -2.26. The minimum atomic E-state index is -4.01. The van der Waals surface area contributed by atoms with Gasteiger partial charge in [0.15, 0.2) is 11.5 Å². The van der Waals surface area contributed by atoms with Crippen molar-refractivity contribution in [3.05, 3.63) is 58.2 Å². The van der Waals surface area contributed by atoms with Gasteiger partial charge in [-0.2, -0.15) is 0 Å². The second kappa shape index (κ2) is 6.22. The summed E-state index contributed by atoms with van der Waals surface area (Å²) >= 11 is 6.91. The van der Waals surface area contributed by atoms with Crippen molar-refractivity contribution in [3.8, 4) is 0 Å². The Bertz CT molecular complexity index is 1230. The Morgan fingerprint density at radius 3 is 2.70 bits per heavy atom. The van der Waals surface area contributed by atoms with Crippen molar-refractivity contribution in [3.63, 3.8) is 0 Å². The zero-order valence-electron chi connectivity index (χ0n) is 13.8. The number of aliphatic hydroxyl groups excluding tert-OH is 1. The third kappa shape index (κ3) is 2.75. The predicted octanol–water partition coefficient (Wildman–Crippen LogP) is 3.45. The molecule has 0 fully saturated rings. The fourth-order valence-electron chi connectivity index (χ4n) is 2.85. The Morgan fingerprint density at radius 2 is 1.96 bits per heavy atom. The number of nitrogens with zero attached hydrogens (tertiary/aromatic N) is 2. The summed E-state index contributed by atoms with van der Waals surface area (Å²) in [6.07, 6.45) is 0. The first-order chi connectivity index (χ1) is 12.8. The van der Waals surface area contributed by atoms with E-state index in [0.29, 0.717) is 10.1 Å². The van der Waals surface area contributed by atoms with Gasteiger partial charge >= 0.3 is 0 Å². The number of carbonyl (C=O) groups is 1. The standard InChI is InChI=1S/C17H12ClN3O4S2/c1-21-13(17(23)20-12-8-4-7-11(18)19-12)14(22)15-16(27(21,24)25)9-5-2-3-6-10(9)26-15/h2-8,22H,1H3,(H,19,20,23). The third-order valence-electron chi connectivity index (χ3n) is 4.09. The van der Waals surface area contributed by atoms with Crippen LogP contribution in [0.1, 0.15) is 4.88 Å². The number of likely N-dealkylation sites (N-methyl/N-ethyl adjacent to an activating group) is 1. The summed E-state index contributed by atoms with van der Waals surface area (Å²) in [7, 11) is -2.79. The Kier molecular flexibility index (Phi) is 4.10. The molecule has 1 aromatic carbocycles. The number of hydrogen-bond acceptors (Lipinski definition) is 6. The summed E-state index contributed by atoms with van der Waals surface area (Å²) in [6.45, 7) is 0. The van der Waals surface area contributed by atoms with Crippen molar-refractivity contribution in [2.75, 3.05) is 12.4 Å². The molecule has 2 aromatic heterocycles. The molecule has 3 aromatic rings. The van der Waals surface area contributed by atoms with Crippen molar-refractivity contribution >= 4 is 60.5 Å². The molecular weight excluding hydrogens is 410 g/mol. The lowest BCUT2D eigenvalue weighted by Crippen LogP contribution is -2.36. The number of fused-ring (bicyclic) bond motifs is 3. The molecule has 0 saturated heterocycles. The topological polar surface area (TPSA) is 99.6 Å². The molecule has 1 aliphatic rings. The zero-order chi connectivity index (χ0) is 19.3. The number of hydrogen-bond donors (Lipinski definition) is 2. The highest BCUT2D eigenvalue weighted by Gasteiger charge is 2.40. The van der Waals surface area contributed by atoms with E-state index in [2.05, 4.69) is 10.3 Å². The molecular formula is C17H12ClN3O4S2. The summed E-state index contributed by atoms with van der Waals surface area (Å²) < 4.78 is 27.5. The van der Waals surface area contributed by atoms with Crippen LogP contribution in [-0.4, -0.2) is 35.8 Å². The number of benzene rings is 1. The number of amides is 1. The van der Waals surface area contributed by atoms with Crippen LogP contribution in [0.5, 0.6) is 0 Å². The molecule has 0 unspecified atom stereocenters. The van der Waals surface area contributed by atoms with E-state index >= 15 is 0 Å². The number of rotatable bonds is 2. The number of nitrogens with one attached hydrogen (secondary N) is 1. The minimum absolute atomic E-state index is 0.000491. The van der Waals surface area contributed by atoms with E-state index in [-0.39, 0.29) is 26.4 Å². The van der Waals surface area contributed by atoms with Crippen LogP contribution in [0.15, 0.2) is 53.1 Å². The SMILES string of the molecule is CN1C(C(=O)Nc2cccc(Cl)n2)=C(O)c2sc3ccccc3c2S1(=O)=O. The van der Waals surface area contributed by atoms with Gasteiger partial charge in [0.25, 0.3) is 15.9 Å². The maximum atomic E-state index is 13.0. The quantitative estimate of drug-likeness (QED) is 0.617. The molecule has 0 spiro atoms. The number of aromatic nitrogens is 1. The van der Waals surface area contributed by atoms with Gasteiger partial charge in [-0.25, -0.2) is 13.4 Å². The third-order valence-corrected chi connectivity index (χ3v) is 7.46. The van der Waals surface area contributed by atoms with Crippen molar-refractivity contribution in [1.29, 1.82) is 0 Å². The van der Waals surface area contributed by atoms with E-state index in [9.17, 15) is 18.3 Å². The maximum Gasteiger partial charge on any atom is 0.278 e. The van der Waals surface area contributed by atoms with Gasteiger partial charge in [0, 0.05) is 17.1 Å². The number of aliphatic hydroxyl groups is 1. The summed E-state index contributed by atoms with van der Waals surface area (Å²) in [5.74, 6) is -1.07. The van der Waals surface area contributed by atoms with Crippen LogP contribution in [0.3, 0.4) is 0 Å². The van der Waals surface area contributed by atoms with Gasteiger partial charge in [-0.1, -0.05) is 35.9 Å². The summed E-state index contributed by atoms with van der Waals surface area (Å²) in [5.41, 5.74) is -0.379. The molecule has 1 amide bonds. The Morgan fingerprint density at radius 1 is 1.22 bits per heavy atom. The fourth-order valence-corrected chi connectivity index (χ4v) is 6.03. The van der Waals surface area contributed by atoms with Gasteiger partial charge in [0.1, 0.15) is 15.9 Å². The highest BCUT2D eigenvalue weighted by molar-refractivity contribution is 7.89. The van der Waals surface area contributed by atoms with Gasteiger partial charge in [0.05, 0.1) is 4.88 Å². The van der Waals surface area contributed by atoms with Crippen LogP contribution in [-0.2, 0) is 14.8 Å². The Balaban J connectivity index is 1.87. The van der Waals surface area contributed by atoms with Crippen molar-refractivity contribution in [2.24, 2.45) is 0 Å². The van der Waals surface area contributed by atoms with E-state index in [0.717, 1.165) is 15.6 Å². The van der Waals surface area contributed by atoms with Crippen molar-refractivity contribution in [2.45, 2.75) is 4.90 Å². The minimum Gasteiger partial charge on any atom is -0.504 e. The Labute approximate surface area is 163 Å². The number of sulfonamides is 1. The summed E-state index contributed by atoms with van der Waals surface area (Å²) in [4.78, 5) is 16.8. The van der Waals surface area contributed by atoms with E-state index in [1.165, 1.54) is 19.2 Å². The van der Waals surface area contributed by atoms with Crippen LogP contribution in [0.2, 0.25) is 5.15 Å². The van der Waals surface area contributed by atoms with E-state index in [1.54, 1.807) is 30.3 Å². The molecule has 10 heteroatoms. The molecule has 0 bridgehead atoms. The lowest BCUT2D eigenvalue weighted by molar-refractivity contribution is -0.113. The highest BCUT2D eigenvalue weighted by atomic mass is 35.5. The average Bonchev–Trinajstić information content (AvgIpc) is 3.01. The van der Waals surface area contributed by atoms with Gasteiger partial charge in [-0.15, -0.1) is 11.3 Å². The summed E-state index contributed by atoms with van der Waals surface area (Å²) in [5, 5.41) is 13.8. The predicted molar refractivity (Wildman–Crippen MR) is 104 cm³/mol. The number of anilines is 1. The normalized spacial score (nSPS) is 15.7. The van der Waals surface area contributed by atoms with Gasteiger partial charge in [-0.3, -0.25) is 9.10 Å². The highest BCUT2D eigenvalue weighted by Crippen LogP contribution is 2.44. The first-order valence-electron chi connectivity index (χ1n) is 7.68. The van der Waals surface area contributed by atoms with Crippen LogP contribution in [0.4, 0.5) is 5.82 Å². The zero-order valence-corrected chi connectivity index (χ0v) is 16.2. The summed E-state index contributed by atoms with van der Waals surface area (Å²) in [6, 6.07) is 11.6. The van der Waals surface area contributed by atoms with Crippen LogP contribution < -0.4 is 5.32 Å². The number of pyridine rings is 1. The van der Waals surface area contributed by atoms with Gasteiger partial charge < -0.3 is 10.4 Å².